The standard InChI is InChI=1S/C26H27N3O/c27-16-18-6-5-7-19(14-18)17-29-25(28-24-11-4-3-10-23(24)26(29)30)22-13-12-20-8-1-2-9-21(20)15-22/h1-4,8-13,15,18-19H,5-7,14,16-17,27H2. The zero-order chi connectivity index (χ0) is 20.5. The van der Waals surface area contributed by atoms with Crippen molar-refractivity contribution in [3.8, 4) is 11.4 Å². The van der Waals surface area contributed by atoms with Gasteiger partial charge in [0, 0.05) is 12.1 Å². The molecule has 5 rings (SSSR count). The van der Waals surface area contributed by atoms with Crippen molar-refractivity contribution < 1.29 is 0 Å². The summed E-state index contributed by atoms with van der Waals surface area (Å²) in [5.74, 6) is 1.79. The Morgan fingerprint density at radius 1 is 0.933 bits per heavy atom. The van der Waals surface area contributed by atoms with Crippen molar-refractivity contribution in [2.45, 2.75) is 32.2 Å². The van der Waals surface area contributed by atoms with E-state index in [1.165, 1.54) is 18.2 Å². The van der Waals surface area contributed by atoms with Crippen molar-refractivity contribution in [1.82, 2.24) is 9.55 Å². The van der Waals surface area contributed by atoms with E-state index in [9.17, 15) is 4.79 Å². The summed E-state index contributed by atoms with van der Waals surface area (Å²) in [5, 5.41) is 3.03. The first kappa shape index (κ1) is 19.0. The highest BCUT2D eigenvalue weighted by atomic mass is 16.1. The number of nitrogens with two attached hydrogens (primary N) is 1. The van der Waals surface area contributed by atoms with Gasteiger partial charge in [0.1, 0.15) is 5.82 Å². The molecule has 0 spiro atoms. The van der Waals surface area contributed by atoms with Gasteiger partial charge in [0.15, 0.2) is 0 Å². The molecule has 0 amide bonds. The Morgan fingerprint density at radius 3 is 2.57 bits per heavy atom. The van der Waals surface area contributed by atoms with Crippen LogP contribution in [0.5, 0.6) is 0 Å². The third-order valence-corrected chi connectivity index (χ3v) is 6.53. The van der Waals surface area contributed by atoms with Gasteiger partial charge in [-0.25, -0.2) is 4.98 Å². The van der Waals surface area contributed by atoms with Crippen LogP contribution in [0.4, 0.5) is 0 Å². The molecule has 1 heterocycles. The minimum absolute atomic E-state index is 0.0543. The number of rotatable bonds is 4. The van der Waals surface area contributed by atoms with E-state index in [4.69, 9.17) is 10.7 Å². The smallest absolute Gasteiger partial charge is 0.261 e. The molecule has 0 bridgehead atoms. The van der Waals surface area contributed by atoms with Crippen molar-refractivity contribution in [1.29, 1.82) is 0 Å². The lowest BCUT2D eigenvalue weighted by Crippen LogP contribution is -2.30. The van der Waals surface area contributed by atoms with Gasteiger partial charge in [0.25, 0.3) is 5.56 Å². The Morgan fingerprint density at radius 2 is 1.70 bits per heavy atom. The molecule has 0 saturated heterocycles. The molecule has 2 unspecified atom stereocenters. The van der Waals surface area contributed by atoms with E-state index in [-0.39, 0.29) is 5.56 Å². The Bertz CT molecular complexity index is 1260. The molecule has 30 heavy (non-hydrogen) atoms. The summed E-state index contributed by atoms with van der Waals surface area (Å²) in [6.07, 6.45) is 4.63. The molecule has 3 aromatic carbocycles. The number of hydrogen-bond donors (Lipinski definition) is 1. The van der Waals surface area contributed by atoms with Gasteiger partial charge in [-0.1, -0.05) is 55.0 Å². The van der Waals surface area contributed by atoms with E-state index in [0.717, 1.165) is 41.7 Å². The first-order chi connectivity index (χ1) is 14.7. The second kappa shape index (κ2) is 8.04. The van der Waals surface area contributed by atoms with Crippen LogP contribution in [0.3, 0.4) is 0 Å². The van der Waals surface area contributed by atoms with E-state index in [1.807, 2.05) is 41.0 Å². The molecule has 4 nitrogen and oxygen atoms in total. The predicted octanol–water partition coefficient (Wildman–Crippen LogP) is 4.98. The second-order valence-electron chi connectivity index (χ2n) is 8.56. The van der Waals surface area contributed by atoms with E-state index >= 15 is 0 Å². The zero-order valence-electron chi connectivity index (χ0n) is 17.1. The summed E-state index contributed by atoms with van der Waals surface area (Å²) in [4.78, 5) is 18.5. The summed E-state index contributed by atoms with van der Waals surface area (Å²) in [7, 11) is 0. The molecule has 1 aliphatic rings. The normalized spacial score (nSPS) is 19.4. The molecule has 1 aromatic heterocycles. The van der Waals surface area contributed by atoms with Crippen LogP contribution in [-0.4, -0.2) is 16.1 Å². The number of benzene rings is 3. The topological polar surface area (TPSA) is 60.9 Å². The molecule has 0 radical (unpaired) electrons. The van der Waals surface area contributed by atoms with Crippen molar-refractivity contribution >= 4 is 21.7 Å². The summed E-state index contributed by atoms with van der Waals surface area (Å²) in [6.45, 7) is 1.44. The van der Waals surface area contributed by atoms with Gasteiger partial charge in [0.2, 0.25) is 0 Å². The van der Waals surface area contributed by atoms with Gasteiger partial charge >= 0.3 is 0 Å². The summed E-state index contributed by atoms with van der Waals surface area (Å²) < 4.78 is 1.91. The van der Waals surface area contributed by atoms with Gasteiger partial charge in [-0.15, -0.1) is 0 Å². The average molecular weight is 398 g/mol. The van der Waals surface area contributed by atoms with Crippen LogP contribution in [0.15, 0.2) is 71.5 Å². The fourth-order valence-corrected chi connectivity index (χ4v) is 4.93. The fourth-order valence-electron chi connectivity index (χ4n) is 4.93. The average Bonchev–Trinajstić information content (AvgIpc) is 2.80. The number of fused-ring (bicyclic) bond motifs is 2. The number of nitrogens with zero attached hydrogens (tertiary/aromatic N) is 2. The van der Waals surface area contributed by atoms with Gasteiger partial charge < -0.3 is 5.73 Å². The first-order valence-electron chi connectivity index (χ1n) is 10.9. The van der Waals surface area contributed by atoms with Gasteiger partial charge in [0.05, 0.1) is 10.9 Å². The third kappa shape index (κ3) is 3.52. The molecule has 1 aliphatic carbocycles. The molecule has 1 fully saturated rings. The van der Waals surface area contributed by atoms with E-state index in [2.05, 4.69) is 30.3 Å². The van der Waals surface area contributed by atoms with Crippen LogP contribution < -0.4 is 11.3 Å². The maximum atomic E-state index is 13.5. The lowest BCUT2D eigenvalue weighted by Gasteiger charge is -2.29. The quantitative estimate of drug-likeness (QED) is 0.528. The van der Waals surface area contributed by atoms with Crippen molar-refractivity contribution in [3.63, 3.8) is 0 Å². The van der Waals surface area contributed by atoms with Crippen LogP contribution in [-0.2, 0) is 6.54 Å². The van der Waals surface area contributed by atoms with Gasteiger partial charge in [-0.05, 0) is 66.6 Å². The van der Waals surface area contributed by atoms with Crippen LogP contribution in [0.2, 0.25) is 0 Å². The minimum atomic E-state index is 0.0543. The van der Waals surface area contributed by atoms with Crippen LogP contribution in [0.1, 0.15) is 25.7 Å². The molecule has 0 aliphatic heterocycles. The van der Waals surface area contributed by atoms with Crippen molar-refractivity contribution in [2.75, 3.05) is 6.54 Å². The lowest BCUT2D eigenvalue weighted by atomic mass is 9.81. The lowest BCUT2D eigenvalue weighted by molar-refractivity contribution is 0.246. The van der Waals surface area contributed by atoms with Crippen LogP contribution in [0, 0.1) is 11.8 Å². The predicted molar refractivity (Wildman–Crippen MR) is 123 cm³/mol. The SMILES string of the molecule is NCC1CCCC(Cn2c(-c3ccc4ccccc4c3)nc3ccccc3c2=O)C1. The van der Waals surface area contributed by atoms with Crippen molar-refractivity contribution in [3.05, 3.63) is 77.1 Å². The summed E-state index contributed by atoms with van der Waals surface area (Å²) >= 11 is 0. The fraction of sp³-hybridized carbons (Fsp3) is 0.308. The third-order valence-electron chi connectivity index (χ3n) is 6.53. The number of aromatic nitrogens is 2. The Hall–Kier alpha value is -2.98. The van der Waals surface area contributed by atoms with E-state index < -0.39 is 0 Å². The molecule has 152 valence electrons. The maximum absolute atomic E-state index is 13.5. The molecule has 2 N–H and O–H groups in total. The highest BCUT2D eigenvalue weighted by Crippen LogP contribution is 2.31. The minimum Gasteiger partial charge on any atom is -0.330 e. The Kier molecular flexibility index (Phi) is 5.09. The monoisotopic (exact) mass is 397 g/mol. The molecule has 4 heteroatoms. The molecule has 2 atom stereocenters. The van der Waals surface area contributed by atoms with Gasteiger partial charge in [-0.2, -0.15) is 0 Å². The van der Waals surface area contributed by atoms with Crippen LogP contribution >= 0.6 is 0 Å². The zero-order valence-corrected chi connectivity index (χ0v) is 17.1. The molecular weight excluding hydrogens is 370 g/mol. The maximum Gasteiger partial charge on any atom is 0.261 e. The highest BCUT2D eigenvalue weighted by molar-refractivity contribution is 5.87. The van der Waals surface area contributed by atoms with Gasteiger partial charge in [-0.3, -0.25) is 9.36 Å². The molecule has 4 aromatic rings. The molecule has 1 saturated carbocycles. The van der Waals surface area contributed by atoms with Crippen LogP contribution in [0.25, 0.3) is 33.1 Å². The van der Waals surface area contributed by atoms with E-state index in [1.54, 1.807) is 0 Å². The summed E-state index contributed by atoms with van der Waals surface area (Å²) in [5.41, 5.74) is 7.75. The summed E-state index contributed by atoms with van der Waals surface area (Å²) in [6, 6.07) is 22.3. The number of hydrogen-bond acceptors (Lipinski definition) is 3. The molecular formula is C26H27N3O. The second-order valence-corrected chi connectivity index (χ2v) is 8.56. The largest absolute Gasteiger partial charge is 0.330 e. The van der Waals surface area contributed by atoms with Crippen molar-refractivity contribution in [2.24, 2.45) is 17.6 Å². The highest BCUT2D eigenvalue weighted by Gasteiger charge is 2.23. The Balaban J connectivity index is 1.65. The Labute approximate surface area is 176 Å². The van der Waals surface area contributed by atoms with E-state index in [0.29, 0.717) is 23.8 Å². The first-order valence-corrected chi connectivity index (χ1v) is 10.9. The number of para-hydroxylation sites is 1.